The molecule has 1 atom stereocenters. The molecule has 15 heteroatoms. The largest absolute Gasteiger partial charge is 0.444 e. The molecule has 0 aromatic heterocycles. The van der Waals surface area contributed by atoms with Crippen LogP contribution in [-0.2, 0) is 30.4 Å². The van der Waals surface area contributed by atoms with Crippen LogP contribution >= 0.6 is 0 Å². The van der Waals surface area contributed by atoms with Gasteiger partial charge in [0.2, 0.25) is 17.7 Å². The lowest BCUT2D eigenvalue weighted by atomic mass is 10.0. The highest BCUT2D eigenvalue weighted by atomic mass is 16.6. The van der Waals surface area contributed by atoms with E-state index in [2.05, 4.69) is 26.0 Å². The summed E-state index contributed by atoms with van der Waals surface area (Å²) < 4.78 is 11.0. The van der Waals surface area contributed by atoms with Crippen molar-refractivity contribution in [2.24, 2.45) is 5.11 Å². The molecule has 1 fully saturated rings. The summed E-state index contributed by atoms with van der Waals surface area (Å²) in [6, 6.07) is 4.19. The first-order chi connectivity index (χ1) is 20.0. The smallest absolute Gasteiger partial charge is 0.410 e. The van der Waals surface area contributed by atoms with Crippen LogP contribution < -0.4 is 16.0 Å². The molecule has 1 aromatic rings. The predicted molar refractivity (Wildman–Crippen MR) is 151 cm³/mol. The molecule has 3 rings (SSSR count). The highest BCUT2D eigenvalue weighted by Crippen LogP contribution is 2.32. The summed E-state index contributed by atoms with van der Waals surface area (Å²) in [5, 5.41) is 11.7. The van der Waals surface area contributed by atoms with Crippen molar-refractivity contribution in [2.75, 3.05) is 51.3 Å². The third-order valence-corrected chi connectivity index (χ3v) is 6.48. The summed E-state index contributed by atoms with van der Waals surface area (Å²) in [6.45, 7) is 7.28. The lowest BCUT2D eigenvalue weighted by Crippen LogP contribution is -2.52. The number of carbonyl (C=O) groups excluding carboxylic acids is 5. The molecule has 2 aliphatic heterocycles. The molecule has 0 spiro atoms. The first kappa shape index (κ1) is 32.3. The van der Waals surface area contributed by atoms with Crippen molar-refractivity contribution in [3.63, 3.8) is 0 Å². The first-order valence-corrected chi connectivity index (χ1v) is 13.8. The Bertz CT molecular complexity index is 1230. The van der Waals surface area contributed by atoms with Crippen molar-refractivity contribution in [1.82, 2.24) is 20.4 Å². The van der Waals surface area contributed by atoms with Gasteiger partial charge in [0.15, 0.2) is 0 Å². The number of carbonyl (C=O) groups is 5. The van der Waals surface area contributed by atoms with E-state index < -0.39 is 29.6 Å². The minimum Gasteiger partial charge on any atom is -0.444 e. The Morgan fingerprint density at radius 3 is 2.71 bits per heavy atom. The molecule has 5 amide bonds. The Morgan fingerprint density at radius 2 is 2.00 bits per heavy atom. The summed E-state index contributed by atoms with van der Waals surface area (Å²) in [6.07, 6.45) is 0.561. The molecular weight excluding hydrogens is 548 g/mol. The molecule has 1 aromatic carbocycles. The second-order valence-electron chi connectivity index (χ2n) is 10.9. The Balaban J connectivity index is 1.49. The lowest BCUT2D eigenvalue weighted by molar-refractivity contribution is -0.137. The fourth-order valence-electron chi connectivity index (χ4n) is 4.51. The Morgan fingerprint density at radius 1 is 1.21 bits per heavy atom. The maximum atomic E-state index is 13.0. The van der Waals surface area contributed by atoms with Gasteiger partial charge in [0.05, 0.1) is 6.61 Å². The second-order valence-corrected chi connectivity index (χ2v) is 10.9. The molecule has 228 valence electrons. The molecule has 0 radical (unpaired) electrons. The van der Waals surface area contributed by atoms with Gasteiger partial charge in [-0.15, -0.1) is 0 Å². The molecule has 2 heterocycles. The van der Waals surface area contributed by atoms with Crippen molar-refractivity contribution < 1.29 is 33.4 Å². The van der Waals surface area contributed by atoms with Crippen molar-refractivity contribution in [3.8, 4) is 0 Å². The van der Waals surface area contributed by atoms with E-state index in [-0.39, 0.29) is 51.0 Å². The molecule has 3 N–H and O–H groups in total. The van der Waals surface area contributed by atoms with E-state index in [0.29, 0.717) is 49.4 Å². The van der Waals surface area contributed by atoms with Gasteiger partial charge in [0.25, 0.3) is 5.91 Å². The minimum atomic E-state index is -0.754. The number of benzene rings is 1. The number of ether oxygens (including phenoxy) is 2. The van der Waals surface area contributed by atoms with E-state index in [0.717, 1.165) is 0 Å². The normalized spacial score (nSPS) is 16.4. The van der Waals surface area contributed by atoms with Crippen molar-refractivity contribution in [2.45, 2.75) is 58.2 Å². The van der Waals surface area contributed by atoms with Gasteiger partial charge < -0.3 is 29.9 Å². The van der Waals surface area contributed by atoms with E-state index in [9.17, 15) is 24.0 Å². The number of piperidine rings is 1. The van der Waals surface area contributed by atoms with Gasteiger partial charge in [-0.3, -0.25) is 24.5 Å². The van der Waals surface area contributed by atoms with Crippen molar-refractivity contribution in [3.05, 3.63) is 39.8 Å². The highest BCUT2D eigenvalue weighted by molar-refractivity contribution is 6.06. The molecule has 42 heavy (non-hydrogen) atoms. The van der Waals surface area contributed by atoms with Crippen LogP contribution in [0.3, 0.4) is 0 Å². The van der Waals surface area contributed by atoms with Crippen LogP contribution in [0.2, 0.25) is 0 Å². The number of azide groups is 1. The van der Waals surface area contributed by atoms with Crippen LogP contribution in [-0.4, -0.2) is 97.1 Å². The number of hydrogen-bond acceptors (Lipinski definition) is 9. The quantitative estimate of drug-likeness (QED) is 0.0966. The average Bonchev–Trinajstić information content (AvgIpc) is 3.25. The molecule has 15 nitrogen and oxygen atoms in total. The summed E-state index contributed by atoms with van der Waals surface area (Å²) in [7, 11) is 0. The van der Waals surface area contributed by atoms with E-state index in [1.54, 1.807) is 39.0 Å². The zero-order valence-corrected chi connectivity index (χ0v) is 24.2. The van der Waals surface area contributed by atoms with Gasteiger partial charge in [-0.1, -0.05) is 11.2 Å². The van der Waals surface area contributed by atoms with Crippen LogP contribution in [0.1, 0.15) is 56.0 Å². The standard InChI is InChI=1S/C27H38N8O7/c1-27(2,3)42-26(40)34(13-12-29-10-5-11-30-33-28)14-15-41-17-23(37)31-20-7-4-6-18-19(20)16-35(25(18)39)21-8-9-22(36)32-24(21)38/h4,6-7,21,29H,5,8-17H2,1-3H3,(H,31,37)(H,32,36,38). The zero-order valence-electron chi connectivity index (χ0n) is 24.2. The third-order valence-electron chi connectivity index (χ3n) is 6.48. The predicted octanol–water partition coefficient (Wildman–Crippen LogP) is 1.93. The second kappa shape index (κ2) is 15.1. The molecule has 1 unspecified atom stereocenters. The van der Waals surface area contributed by atoms with Crippen LogP contribution in [0.25, 0.3) is 10.4 Å². The van der Waals surface area contributed by atoms with Crippen LogP contribution in [0, 0.1) is 0 Å². The number of nitrogens with zero attached hydrogens (tertiary/aromatic N) is 5. The van der Waals surface area contributed by atoms with Crippen LogP contribution in [0.15, 0.2) is 23.3 Å². The average molecular weight is 587 g/mol. The molecule has 0 saturated carbocycles. The fourth-order valence-corrected chi connectivity index (χ4v) is 4.51. The van der Waals surface area contributed by atoms with Gasteiger partial charge in [-0.25, -0.2) is 4.79 Å². The molecular formula is C27H38N8O7. The Labute approximate surface area is 243 Å². The number of anilines is 1. The molecule has 2 aliphatic rings. The number of amides is 5. The minimum absolute atomic E-state index is 0.0816. The summed E-state index contributed by atoms with van der Waals surface area (Å²) in [4.78, 5) is 67.8. The molecule has 1 saturated heterocycles. The summed E-state index contributed by atoms with van der Waals surface area (Å²) in [5.41, 5.74) is 9.06. The van der Waals surface area contributed by atoms with Gasteiger partial charge in [-0.05, 0) is 57.8 Å². The van der Waals surface area contributed by atoms with Crippen molar-refractivity contribution >= 4 is 35.4 Å². The van der Waals surface area contributed by atoms with E-state index >= 15 is 0 Å². The van der Waals surface area contributed by atoms with Gasteiger partial charge >= 0.3 is 6.09 Å². The van der Waals surface area contributed by atoms with E-state index in [1.807, 2.05) is 0 Å². The van der Waals surface area contributed by atoms with Gasteiger partial charge in [0, 0.05) is 60.9 Å². The molecule has 0 aliphatic carbocycles. The van der Waals surface area contributed by atoms with Gasteiger partial charge in [-0.2, -0.15) is 0 Å². The number of imide groups is 1. The highest BCUT2D eigenvalue weighted by Gasteiger charge is 2.40. The van der Waals surface area contributed by atoms with Crippen LogP contribution in [0.4, 0.5) is 10.5 Å². The van der Waals surface area contributed by atoms with Gasteiger partial charge in [0.1, 0.15) is 18.2 Å². The third kappa shape index (κ3) is 9.43. The number of hydrogen-bond donors (Lipinski definition) is 3. The summed E-state index contributed by atoms with van der Waals surface area (Å²) in [5.74, 6) is -1.65. The van der Waals surface area contributed by atoms with E-state index in [4.69, 9.17) is 15.0 Å². The number of fused-ring (bicyclic) bond motifs is 1. The topological polar surface area (TPSA) is 195 Å². The first-order valence-electron chi connectivity index (χ1n) is 13.8. The Hall–Kier alpha value is -4.20. The van der Waals surface area contributed by atoms with Crippen molar-refractivity contribution in [1.29, 1.82) is 0 Å². The Kier molecular flexibility index (Phi) is 11.7. The maximum Gasteiger partial charge on any atom is 0.410 e. The maximum absolute atomic E-state index is 13.0. The number of rotatable bonds is 14. The number of nitrogens with one attached hydrogen (secondary N) is 3. The lowest BCUT2D eigenvalue weighted by Gasteiger charge is -2.29. The zero-order chi connectivity index (χ0) is 30.7. The summed E-state index contributed by atoms with van der Waals surface area (Å²) >= 11 is 0. The monoisotopic (exact) mass is 586 g/mol. The SMILES string of the molecule is CC(C)(C)OC(=O)N(CCNCCCN=[N+]=[N-])CCOCC(=O)Nc1cccc2c1CN(C1CCC(=O)NC1=O)C2=O. The molecule has 0 bridgehead atoms. The van der Waals surface area contributed by atoms with Crippen LogP contribution in [0.5, 0.6) is 0 Å². The fraction of sp³-hybridized carbons (Fsp3) is 0.593. The van der Waals surface area contributed by atoms with E-state index in [1.165, 1.54) is 9.80 Å².